The minimum absolute atomic E-state index is 0.239. The van der Waals surface area contributed by atoms with Crippen molar-refractivity contribution in [3.8, 4) is 0 Å². The van der Waals surface area contributed by atoms with Crippen LogP contribution >= 0.6 is 0 Å². The molecule has 0 saturated heterocycles. The second-order valence-corrected chi connectivity index (χ2v) is 3.91. The number of rotatable bonds is 4. The highest BCUT2D eigenvalue weighted by Crippen LogP contribution is 2.17. The first kappa shape index (κ1) is 13.6. The van der Waals surface area contributed by atoms with E-state index in [0.29, 0.717) is 6.42 Å². The average Bonchev–Trinajstić information content (AvgIpc) is 2.27. The van der Waals surface area contributed by atoms with Gasteiger partial charge in [0.2, 0.25) is 5.91 Å². The van der Waals surface area contributed by atoms with Crippen molar-refractivity contribution in [3.05, 3.63) is 35.4 Å². The van der Waals surface area contributed by atoms with Gasteiger partial charge in [0, 0.05) is 11.6 Å². The lowest BCUT2D eigenvalue weighted by Gasteiger charge is -2.17. The maximum absolute atomic E-state index is 13.4. The molecule has 0 aliphatic carbocycles. The molecule has 0 bridgehead atoms. The van der Waals surface area contributed by atoms with Crippen molar-refractivity contribution in [2.45, 2.75) is 32.4 Å². The molecule has 0 aliphatic heterocycles. The van der Waals surface area contributed by atoms with Crippen LogP contribution in [0.3, 0.4) is 0 Å². The normalized spacial score (nSPS) is 14.2. The number of benzene rings is 1. The van der Waals surface area contributed by atoms with Crippen LogP contribution in [-0.2, 0) is 4.79 Å². The van der Waals surface area contributed by atoms with Gasteiger partial charge in [-0.2, -0.15) is 0 Å². The zero-order valence-corrected chi connectivity index (χ0v) is 9.84. The third-order valence-corrected chi connectivity index (χ3v) is 2.56. The van der Waals surface area contributed by atoms with E-state index in [0.717, 1.165) is 12.1 Å². The van der Waals surface area contributed by atoms with Crippen molar-refractivity contribution in [2.75, 3.05) is 0 Å². The average molecular weight is 242 g/mol. The van der Waals surface area contributed by atoms with Crippen LogP contribution in [0.2, 0.25) is 0 Å². The molecule has 0 unspecified atom stereocenters. The SMILES string of the molecule is CC[C@@H](N)C(=O)N[C@H](C)c1ccc(F)cc1F. The number of nitrogens with two attached hydrogens (primary N) is 1. The molecular weight excluding hydrogens is 226 g/mol. The molecule has 17 heavy (non-hydrogen) atoms. The molecule has 0 aliphatic rings. The molecule has 0 radical (unpaired) electrons. The number of hydrogen-bond acceptors (Lipinski definition) is 2. The molecule has 94 valence electrons. The highest BCUT2D eigenvalue weighted by atomic mass is 19.1. The number of hydrogen-bond donors (Lipinski definition) is 2. The smallest absolute Gasteiger partial charge is 0.237 e. The van der Waals surface area contributed by atoms with Gasteiger partial charge in [0.25, 0.3) is 0 Å². The fraction of sp³-hybridized carbons (Fsp3) is 0.417. The largest absolute Gasteiger partial charge is 0.348 e. The summed E-state index contributed by atoms with van der Waals surface area (Å²) in [7, 11) is 0. The maximum Gasteiger partial charge on any atom is 0.237 e. The summed E-state index contributed by atoms with van der Waals surface area (Å²) in [5.41, 5.74) is 5.78. The summed E-state index contributed by atoms with van der Waals surface area (Å²) in [5.74, 6) is -1.67. The van der Waals surface area contributed by atoms with Crippen molar-refractivity contribution in [1.82, 2.24) is 5.32 Å². The number of amides is 1. The number of carbonyl (C=O) groups excluding carboxylic acids is 1. The van der Waals surface area contributed by atoms with E-state index in [1.165, 1.54) is 6.07 Å². The van der Waals surface area contributed by atoms with Crippen LogP contribution in [0.5, 0.6) is 0 Å². The van der Waals surface area contributed by atoms with E-state index in [1.807, 2.05) is 0 Å². The van der Waals surface area contributed by atoms with Gasteiger partial charge in [-0.05, 0) is 19.4 Å². The molecule has 1 amide bonds. The van der Waals surface area contributed by atoms with Crippen LogP contribution in [0.15, 0.2) is 18.2 Å². The van der Waals surface area contributed by atoms with Crippen LogP contribution in [-0.4, -0.2) is 11.9 Å². The van der Waals surface area contributed by atoms with Gasteiger partial charge < -0.3 is 11.1 Å². The lowest BCUT2D eigenvalue weighted by atomic mass is 10.1. The first-order valence-corrected chi connectivity index (χ1v) is 5.46. The fourth-order valence-electron chi connectivity index (χ4n) is 1.44. The zero-order chi connectivity index (χ0) is 13.0. The molecule has 1 rings (SSSR count). The monoisotopic (exact) mass is 242 g/mol. The van der Waals surface area contributed by atoms with Crippen LogP contribution in [0.25, 0.3) is 0 Å². The van der Waals surface area contributed by atoms with E-state index in [2.05, 4.69) is 5.32 Å². The summed E-state index contributed by atoms with van der Waals surface area (Å²) in [6, 6.07) is 2.10. The van der Waals surface area contributed by atoms with Gasteiger partial charge in [0.15, 0.2) is 0 Å². The van der Waals surface area contributed by atoms with Crippen LogP contribution < -0.4 is 11.1 Å². The van der Waals surface area contributed by atoms with Gasteiger partial charge in [0.1, 0.15) is 11.6 Å². The van der Waals surface area contributed by atoms with Crippen LogP contribution in [0.4, 0.5) is 8.78 Å². The summed E-state index contributed by atoms with van der Waals surface area (Å²) in [6.45, 7) is 3.41. The topological polar surface area (TPSA) is 55.1 Å². The third kappa shape index (κ3) is 3.49. The Kier molecular flexibility index (Phi) is 4.57. The van der Waals surface area contributed by atoms with Crippen molar-refractivity contribution in [2.24, 2.45) is 5.73 Å². The van der Waals surface area contributed by atoms with Gasteiger partial charge in [-0.15, -0.1) is 0 Å². The van der Waals surface area contributed by atoms with E-state index in [9.17, 15) is 13.6 Å². The predicted octanol–water partition coefficient (Wildman–Crippen LogP) is 1.88. The Bertz CT molecular complexity index is 409. The minimum Gasteiger partial charge on any atom is -0.348 e. The standard InChI is InChI=1S/C12H16F2N2O/c1-3-11(15)12(17)16-7(2)9-5-4-8(13)6-10(9)14/h4-7,11H,3,15H2,1-2H3,(H,16,17)/t7-,11-/m1/s1. The number of nitrogens with one attached hydrogen (secondary N) is 1. The summed E-state index contributed by atoms with van der Waals surface area (Å²) >= 11 is 0. The highest BCUT2D eigenvalue weighted by molar-refractivity contribution is 5.81. The Labute approximate surface area is 99.0 Å². The minimum atomic E-state index is -0.678. The molecule has 0 spiro atoms. The van der Waals surface area contributed by atoms with Crippen molar-refractivity contribution in [1.29, 1.82) is 0 Å². The molecule has 3 N–H and O–H groups in total. The van der Waals surface area contributed by atoms with Gasteiger partial charge in [-0.1, -0.05) is 13.0 Å². The summed E-state index contributed by atoms with van der Waals surface area (Å²) in [6.07, 6.45) is 0.504. The van der Waals surface area contributed by atoms with E-state index < -0.39 is 23.7 Å². The van der Waals surface area contributed by atoms with Gasteiger partial charge >= 0.3 is 0 Å². The predicted molar refractivity (Wildman–Crippen MR) is 61.2 cm³/mol. The summed E-state index contributed by atoms with van der Waals surface area (Å²) < 4.78 is 26.1. The third-order valence-electron chi connectivity index (χ3n) is 2.56. The Hall–Kier alpha value is -1.49. The molecule has 0 fully saturated rings. The lowest BCUT2D eigenvalue weighted by molar-refractivity contribution is -0.123. The van der Waals surface area contributed by atoms with Crippen LogP contribution in [0.1, 0.15) is 31.9 Å². The first-order chi connectivity index (χ1) is 7.95. The molecule has 3 nitrogen and oxygen atoms in total. The first-order valence-electron chi connectivity index (χ1n) is 5.46. The molecule has 0 heterocycles. The molecule has 0 aromatic heterocycles. The lowest BCUT2D eigenvalue weighted by Crippen LogP contribution is -2.41. The van der Waals surface area contributed by atoms with Crippen molar-refractivity contribution < 1.29 is 13.6 Å². The van der Waals surface area contributed by atoms with Gasteiger partial charge in [-0.3, -0.25) is 4.79 Å². The number of carbonyl (C=O) groups is 1. The second-order valence-electron chi connectivity index (χ2n) is 3.91. The highest BCUT2D eigenvalue weighted by Gasteiger charge is 2.17. The van der Waals surface area contributed by atoms with E-state index in [-0.39, 0.29) is 11.5 Å². The number of halogens is 2. The molecule has 2 atom stereocenters. The summed E-state index contributed by atoms with van der Waals surface area (Å²) in [4.78, 5) is 11.5. The van der Waals surface area contributed by atoms with E-state index >= 15 is 0 Å². The van der Waals surface area contributed by atoms with Crippen LogP contribution in [0, 0.1) is 11.6 Å². The Balaban J connectivity index is 2.76. The van der Waals surface area contributed by atoms with E-state index in [4.69, 9.17) is 5.73 Å². The zero-order valence-electron chi connectivity index (χ0n) is 9.84. The Morgan fingerprint density at radius 1 is 1.47 bits per heavy atom. The molecule has 1 aromatic carbocycles. The Morgan fingerprint density at radius 2 is 2.12 bits per heavy atom. The molecule has 1 aromatic rings. The molecular formula is C12H16F2N2O. The quantitative estimate of drug-likeness (QED) is 0.847. The van der Waals surface area contributed by atoms with Gasteiger partial charge in [0.05, 0.1) is 12.1 Å². The maximum atomic E-state index is 13.4. The molecule has 5 heteroatoms. The Morgan fingerprint density at radius 3 is 2.65 bits per heavy atom. The van der Waals surface area contributed by atoms with Crippen molar-refractivity contribution >= 4 is 5.91 Å². The summed E-state index contributed by atoms with van der Waals surface area (Å²) in [5, 5.41) is 2.58. The molecule has 0 saturated carbocycles. The second kappa shape index (κ2) is 5.72. The fourth-order valence-corrected chi connectivity index (χ4v) is 1.44. The van der Waals surface area contributed by atoms with Gasteiger partial charge in [-0.25, -0.2) is 8.78 Å². The van der Waals surface area contributed by atoms with Crippen molar-refractivity contribution in [3.63, 3.8) is 0 Å². The van der Waals surface area contributed by atoms with E-state index in [1.54, 1.807) is 13.8 Å².